The number of nitrogens with one attached hydrogen (secondary N) is 1. The lowest BCUT2D eigenvalue weighted by atomic mass is 10.2. The van der Waals surface area contributed by atoms with Crippen LogP contribution in [0, 0.1) is 0 Å². The minimum atomic E-state index is 0.591. The maximum absolute atomic E-state index is 5.07. The highest BCUT2D eigenvalue weighted by Gasteiger charge is 2.10. The summed E-state index contributed by atoms with van der Waals surface area (Å²) in [5.41, 5.74) is 1.79. The first-order valence-electron chi connectivity index (χ1n) is 6.95. The van der Waals surface area contributed by atoms with Crippen LogP contribution in [0.15, 0.2) is 42.0 Å². The van der Waals surface area contributed by atoms with Gasteiger partial charge in [-0.15, -0.1) is 16.4 Å². The average Bonchev–Trinajstić information content (AvgIpc) is 3.29. The summed E-state index contributed by atoms with van der Waals surface area (Å²) >= 11 is 3.26. The first-order valence-corrected chi connectivity index (χ1v) is 8.64. The van der Waals surface area contributed by atoms with Crippen LogP contribution < -0.4 is 10.1 Å². The van der Waals surface area contributed by atoms with E-state index in [1.165, 1.54) is 16.2 Å². The van der Waals surface area contributed by atoms with Gasteiger partial charge in [0.15, 0.2) is 0 Å². The molecule has 0 radical (unpaired) electrons. The summed E-state index contributed by atoms with van der Waals surface area (Å²) in [4.78, 5) is 10.9. The Morgan fingerprint density at radius 3 is 2.96 bits per heavy atom. The highest BCUT2D eigenvalue weighted by molar-refractivity contribution is 7.20. The molecule has 0 aliphatic heterocycles. The summed E-state index contributed by atoms with van der Waals surface area (Å²) in [5, 5.41) is 10.8. The van der Waals surface area contributed by atoms with Gasteiger partial charge in [0.1, 0.15) is 0 Å². The summed E-state index contributed by atoms with van der Waals surface area (Å²) in [6.45, 7) is 0.781. The number of hydrogen-bond acceptors (Lipinski definition) is 7. The molecule has 1 N–H and O–H groups in total. The molecule has 23 heavy (non-hydrogen) atoms. The molecule has 0 saturated heterocycles. The quantitative estimate of drug-likeness (QED) is 0.600. The molecule has 0 aliphatic rings. The Bertz CT molecular complexity index is 880. The Balaban J connectivity index is 1.53. The van der Waals surface area contributed by atoms with E-state index in [1.807, 2.05) is 24.4 Å². The van der Waals surface area contributed by atoms with E-state index in [0.717, 1.165) is 27.9 Å². The van der Waals surface area contributed by atoms with Crippen molar-refractivity contribution >= 4 is 32.8 Å². The van der Waals surface area contributed by atoms with Gasteiger partial charge in [0.25, 0.3) is 0 Å². The average molecular weight is 343 g/mol. The number of nitrogens with zero attached hydrogens (tertiary/aromatic N) is 4. The molecule has 8 heteroatoms. The van der Waals surface area contributed by atoms with Gasteiger partial charge in [-0.2, -0.15) is 0 Å². The van der Waals surface area contributed by atoms with Crippen LogP contribution in [0.4, 0.5) is 5.13 Å². The molecule has 116 valence electrons. The van der Waals surface area contributed by atoms with Crippen LogP contribution in [0.25, 0.3) is 16.2 Å². The molecule has 4 aromatic rings. The lowest BCUT2D eigenvalue weighted by Gasteiger charge is -1.99. The van der Waals surface area contributed by atoms with E-state index in [1.54, 1.807) is 29.2 Å². The number of hydrogen-bond donors (Lipinski definition) is 1. The summed E-state index contributed by atoms with van der Waals surface area (Å²) in [6, 6.07) is 7.91. The van der Waals surface area contributed by atoms with E-state index in [-0.39, 0.29) is 0 Å². The highest BCUT2D eigenvalue weighted by Crippen LogP contribution is 2.25. The molecule has 0 amide bonds. The summed E-state index contributed by atoms with van der Waals surface area (Å²) in [5.74, 6) is 0.591. The monoisotopic (exact) mass is 343 g/mol. The van der Waals surface area contributed by atoms with Crippen molar-refractivity contribution in [2.24, 2.45) is 0 Å². The topological polar surface area (TPSA) is 64.3 Å². The van der Waals surface area contributed by atoms with Crippen LogP contribution in [0.2, 0.25) is 0 Å². The van der Waals surface area contributed by atoms with Crippen LogP contribution in [0.5, 0.6) is 5.88 Å². The van der Waals surface area contributed by atoms with Crippen LogP contribution in [0.3, 0.4) is 0 Å². The van der Waals surface area contributed by atoms with Crippen molar-refractivity contribution in [3.8, 4) is 17.1 Å². The number of pyridine rings is 1. The Hall–Kier alpha value is -2.45. The van der Waals surface area contributed by atoms with E-state index >= 15 is 0 Å². The predicted molar refractivity (Wildman–Crippen MR) is 92.3 cm³/mol. The number of anilines is 1. The van der Waals surface area contributed by atoms with Gasteiger partial charge in [0, 0.05) is 22.7 Å². The molecule has 0 atom stereocenters. The van der Waals surface area contributed by atoms with E-state index < -0.39 is 0 Å². The minimum absolute atomic E-state index is 0.591. The van der Waals surface area contributed by atoms with Crippen molar-refractivity contribution in [1.82, 2.24) is 19.6 Å². The SMILES string of the molecule is COc1ccc(-c2cn3nc(NCc4cccs4)sc3n2)cn1. The Kier molecular flexibility index (Phi) is 3.68. The molecule has 0 aromatic carbocycles. The van der Waals surface area contributed by atoms with Crippen LogP contribution >= 0.6 is 22.7 Å². The van der Waals surface area contributed by atoms with Crippen molar-refractivity contribution in [3.05, 3.63) is 46.9 Å². The van der Waals surface area contributed by atoms with Crippen molar-refractivity contribution in [2.75, 3.05) is 12.4 Å². The molecular formula is C15H13N5OS2. The lowest BCUT2D eigenvalue weighted by Crippen LogP contribution is -1.97. The number of methoxy groups -OCH3 is 1. The van der Waals surface area contributed by atoms with Crippen LogP contribution in [-0.4, -0.2) is 26.7 Å². The molecule has 0 fully saturated rings. The molecule has 4 aromatic heterocycles. The number of thiophene rings is 1. The van der Waals surface area contributed by atoms with Gasteiger partial charge < -0.3 is 10.1 Å². The van der Waals surface area contributed by atoms with Crippen molar-refractivity contribution in [3.63, 3.8) is 0 Å². The van der Waals surface area contributed by atoms with Crippen LogP contribution in [0.1, 0.15) is 4.88 Å². The standard InChI is InChI=1S/C15H13N5OS2/c1-21-13-5-4-10(7-16-13)12-9-20-15(18-12)23-14(19-20)17-8-11-3-2-6-22-11/h2-7,9H,8H2,1H3,(H,17,19). The fourth-order valence-corrected chi connectivity index (χ4v) is 3.56. The van der Waals surface area contributed by atoms with Gasteiger partial charge in [-0.1, -0.05) is 17.4 Å². The molecule has 0 spiro atoms. The molecule has 0 unspecified atom stereocenters. The zero-order valence-corrected chi connectivity index (χ0v) is 13.9. The molecule has 4 heterocycles. The Morgan fingerprint density at radius 2 is 2.26 bits per heavy atom. The third kappa shape index (κ3) is 2.90. The maximum atomic E-state index is 5.07. The van der Waals surface area contributed by atoms with E-state index in [2.05, 4.69) is 31.8 Å². The number of aromatic nitrogens is 4. The van der Waals surface area contributed by atoms with Crippen molar-refractivity contribution in [2.45, 2.75) is 6.54 Å². The maximum Gasteiger partial charge on any atom is 0.214 e. The molecule has 4 rings (SSSR count). The highest BCUT2D eigenvalue weighted by atomic mass is 32.1. The third-order valence-electron chi connectivity index (χ3n) is 3.28. The first-order chi connectivity index (χ1) is 11.3. The van der Waals surface area contributed by atoms with Crippen LogP contribution in [-0.2, 0) is 6.54 Å². The van der Waals surface area contributed by atoms with E-state index in [9.17, 15) is 0 Å². The second-order valence-corrected chi connectivity index (χ2v) is 6.77. The molecule has 0 saturated carbocycles. The number of rotatable bonds is 5. The normalized spacial score (nSPS) is 11.0. The fourth-order valence-electron chi connectivity index (χ4n) is 2.14. The molecule has 6 nitrogen and oxygen atoms in total. The molecule has 0 bridgehead atoms. The smallest absolute Gasteiger partial charge is 0.214 e. The van der Waals surface area contributed by atoms with Gasteiger partial charge in [-0.3, -0.25) is 0 Å². The van der Waals surface area contributed by atoms with Gasteiger partial charge in [0.05, 0.1) is 25.5 Å². The second-order valence-electron chi connectivity index (χ2n) is 4.78. The minimum Gasteiger partial charge on any atom is -0.481 e. The number of ether oxygens (including phenoxy) is 1. The van der Waals surface area contributed by atoms with E-state index in [0.29, 0.717) is 5.88 Å². The predicted octanol–water partition coefficient (Wildman–Crippen LogP) is 3.54. The zero-order chi connectivity index (χ0) is 15.6. The summed E-state index contributed by atoms with van der Waals surface area (Å²) in [6.07, 6.45) is 3.66. The van der Waals surface area contributed by atoms with Crippen molar-refractivity contribution in [1.29, 1.82) is 0 Å². The van der Waals surface area contributed by atoms with Gasteiger partial charge >= 0.3 is 0 Å². The zero-order valence-electron chi connectivity index (χ0n) is 12.3. The third-order valence-corrected chi connectivity index (χ3v) is 5.04. The van der Waals surface area contributed by atoms with Gasteiger partial charge in [-0.25, -0.2) is 14.5 Å². The summed E-state index contributed by atoms with van der Waals surface area (Å²) < 4.78 is 6.86. The first kappa shape index (κ1) is 14.2. The number of fused-ring (bicyclic) bond motifs is 1. The lowest BCUT2D eigenvalue weighted by molar-refractivity contribution is 0.398. The second kappa shape index (κ2) is 5.98. The molecule has 0 aliphatic carbocycles. The van der Waals surface area contributed by atoms with Crippen molar-refractivity contribution < 1.29 is 4.74 Å². The van der Waals surface area contributed by atoms with Gasteiger partial charge in [-0.05, 0) is 17.5 Å². The number of imidazole rings is 1. The van der Waals surface area contributed by atoms with Gasteiger partial charge in [0.2, 0.25) is 16.0 Å². The largest absolute Gasteiger partial charge is 0.481 e. The fraction of sp³-hybridized carbons (Fsp3) is 0.133. The summed E-state index contributed by atoms with van der Waals surface area (Å²) in [7, 11) is 1.60. The Morgan fingerprint density at radius 1 is 1.30 bits per heavy atom. The Labute approximate surface area is 140 Å². The molecular weight excluding hydrogens is 330 g/mol. The van der Waals surface area contributed by atoms with E-state index in [4.69, 9.17) is 4.74 Å².